The van der Waals surface area contributed by atoms with Crippen molar-refractivity contribution in [1.29, 1.82) is 0 Å². The Morgan fingerprint density at radius 2 is 2.20 bits per heavy atom. The van der Waals surface area contributed by atoms with Gasteiger partial charge >= 0.3 is 11.8 Å². The summed E-state index contributed by atoms with van der Waals surface area (Å²) in [5, 5.41) is 11.9. The van der Waals surface area contributed by atoms with Crippen molar-refractivity contribution in [2.45, 2.75) is 25.9 Å². The predicted octanol–water partition coefficient (Wildman–Crippen LogP) is 1.06. The number of carbonyl (C=O) groups is 2. The highest BCUT2D eigenvalue weighted by Gasteiger charge is 2.27. The van der Waals surface area contributed by atoms with Gasteiger partial charge in [-0.25, -0.2) is 4.39 Å². The number of aliphatic hydroxyl groups excluding tert-OH is 1. The largest absolute Gasteiger partial charge is 0.391 e. The lowest BCUT2D eigenvalue weighted by Crippen LogP contribution is -2.46. The SMILES string of the molecule is Cc1c(F)cccc1NC(=O)C(=O)N1CCCC(O)C1. The molecule has 5 nitrogen and oxygen atoms in total. The van der Waals surface area contributed by atoms with Crippen LogP contribution in [0.2, 0.25) is 0 Å². The second-order valence-corrected chi connectivity index (χ2v) is 4.91. The molecule has 0 radical (unpaired) electrons. The summed E-state index contributed by atoms with van der Waals surface area (Å²) in [6.07, 6.45) is 0.713. The first-order chi connectivity index (χ1) is 9.49. The highest BCUT2D eigenvalue weighted by Crippen LogP contribution is 2.18. The van der Waals surface area contributed by atoms with E-state index in [0.717, 1.165) is 0 Å². The van der Waals surface area contributed by atoms with Gasteiger partial charge in [0.15, 0.2) is 0 Å². The molecule has 1 unspecified atom stereocenters. The minimum Gasteiger partial charge on any atom is -0.391 e. The molecule has 0 saturated carbocycles. The van der Waals surface area contributed by atoms with E-state index in [1.54, 1.807) is 0 Å². The number of carbonyl (C=O) groups excluding carboxylic acids is 2. The van der Waals surface area contributed by atoms with Crippen LogP contribution < -0.4 is 5.32 Å². The van der Waals surface area contributed by atoms with E-state index < -0.39 is 23.7 Å². The third-order valence-corrected chi connectivity index (χ3v) is 3.39. The topological polar surface area (TPSA) is 69.6 Å². The summed E-state index contributed by atoms with van der Waals surface area (Å²) < 4.78 is 13.4. The number of anilines is 1. The van der Waals surface area contributed by atoms with Crippen LogP contribution in [0.1, 0.15) is 18.4 Å². The molecule has 0 spiro atoms. The number of amides is 2. The zero-order valence-corrected chi connectivity index (χ0v) is 11.2. The number of likely N-dealkylation sites (tertiary alicyclic amines) is 1. The van der Waals surface area contributed by atoms with Crippen LogP contribution in [0.5, 0.6) is 0 Å². The van der Waals surface area contributed by atoms with Crippen LogP contribution >= 0.6 is 0 Å². The smallest absolute Gasteiger partial charge is 0.313 e. The molecule has 1 aliphatic heterocycles. The van der Waals surface area contributed by atoms with Crippen molar-refractivity contribution in [3.8, 4) is 0 Å². The van der Waals surface area contributed by atoms with Crippen molar-refractivity contribution in [1.82, 2.24) is 4.90 Å². The molecule has 2 rings (SSSR count). The number of hydrogen-bond acceptors (Lipinski definition) is 3. The molecule has 0 aromatic heterocycles. The maximum atomic E-state index is 13.4. The van der Waals surface area contributed by atoms with E-state index in [4.69, 9.17) is 0 Å². The van der Waals surface area contributed by atoms with Gasteiger partial charge in [0.1, 0.15) is 5.82 Å². The third kappa shape index (κ3) is 3.14. The fourth-order valence-corrected chi connectivity index (χ4v) is 2.20. The van der Waals surface area contributed by atoms with E-state index in [-0.39, 0.29) is 17.8 Å². The number of hydrogen-bond donors (Lipinski definition) is 2. The quantitative estimate of drug-likeness (QED) is 0.756. The Morgan fingerprint density at radius 1 is 1.45 bits per heavy atom. The molecule has 0 aliphatic carbocycles. The van der Waals surface area contributed by atoms with Crippen molar-refractivity contribution in [3.05, 3.63) is 29.6 Å². The molecule has 1 fully saturated rings. The molecule has 1 heterocycles. The predicted molar refractivity (Wildman–Crippen MR) is 71.6 cm³/mol. The minimum absolute atomic E-state index is 0.161. The molecule has 1 aliphatic rings. The van der Waals surface area contributed by atoms with Crippen LogP contribution in [-0.4, -0.2) is 41.0 Å². The van der Waals surface area contributed by atoms with Crippen LogP contribution in [0.3, 0.4) is 0 Å². The molecule has 1 atom stereocenters. The number of nitrogens with zero attached hydrogens (tertiary/aromatic N) is 1. The third-order valence-electron chi connectivity index (χ3n) is 3.39. The summed E-state index contributed by atoms with van der Waals surface area (Å²) in [4.78, 5) is 25.1. The maximum absolute atomic E-state index is 13.4. The molecule has 2 amide bonds. The van der Waals surface area contributed by atoms with Gasteiger partial charge in [-0.05, 0) is 31.9 Å². The van der Waals surface area contributed by atoms with Crippen LogP contribution in [0.15, 0.2) is 18.2 Å². The zero-order valence-electron chi connectivity index (χ0n) is 11.2. The van der Waals surface area contributed by atoms with Gasteiger partial charge in [0.25, 0.3) is 0 Å². The normalized spacial score (nSPS) is 18.8. The first kappa shape index (κ1) is 14.5. The Balaban J connectivity index is 2.04. The molecule has 1 saturated heterocycles. The molecule has 1 aromatic carbocycles. The van der Waals surface area contributed by atoms with Crippen molar-refractivity contribution >= 4 is 17.5 Å². The fraction of sp³-hybridized carbons (Fsp3) is 0.429. The lowest BCUT2D eigenvalue weighted by molar-refractivity contribution is -0.145. The average molecular weight is 280 g/mol. The molecule has 20 heavy (non-hydrogen) atoms. The van der Waals surface area contributed by atoms with E-state index in [2.05, 4.69) is 5.32 Å². The van der Waals surface area contributed by atoms with Gasteiger partial charge < -0.3 is 15.3 Å². The number of benzene rings is 1. The number of rotatable bonds is 1. The Morgan fingerprint density at radius 3 is 2.90 bits per heavy atom. The van der Waals surface area contributed by atoms with Gasteiger partial charge in [0.05, 0.1) is 6.10 Å². The van der Waals surface area contributed by atoms with Crippen LogP contribution in [0, 0.1) is 12.7 Å². The first-order valence-corrected chi connectivity index (χ1v) is 6.52. The summed E-state index contributed by atoms with van der Waals surface area (Å²) in [6, 6.07) is 4.29. The second-order valence-electron chi connectivity index (χ2n) is 4.91. The molecular weight excluding hydrogens is 263 g/mol. The summed E-state index contributed by atoms with van der Waals surface area (Å²) in [5.41, 5.74) is 0.563. The van der Waals surface area contributed by atoms with Crippen molar-refractivity contribution in [2.24, 2.45) is 0 Å². The van der Waals surface area contributed by atoms with Crippen molar-refractivity contribution in [3.63, 3.8) is 0 Å². The van der Waals surface area contributed by atoms with Crippen molar-refractivity contribution < 1.29 is 19.1 Å². The molecule has 108 valence electrons. The lowest BCUT2D eigenvalue weighted by atomic mass is 10.1. The highest BCUT2D eigenvalue weighted by atomic mass is 19.1. The van der Waals surface area contributed by atoms with Gasteiger partial charge in [-0.1, -0.05) is 6.07 Å². The Hall–Kier alpha value is -1.95. The van der Waals surface area contributed by atoms with Gasteiger partial charge in [-0.3, -0.25) is 9.59 Å². The standard InChI is InChI=1S/C14H17FN2O3/c1-9-11(15)5-2-6-12(9)16-13(19)14(20)17-7-3-4-10(18)8-17/h2,5-6,10,18H,3-4,7-8H2,1H3,(H,16,19). The fourth-order valence-electron chi connectivity index (χ4n) is 2.20. The minimum atomic E-state index is -0.812. The van der Waals surface area contributed by atoms with Crippen LogP contribution in [-0.2, 0) is 9.59 Å². The summed E-state index contributed by atoms with van der Waals surface area (Å²) in [5.74, 6) is -1.95. The molecule has 1 aromatic rings. The maximum Gasteiger partial charge on any atom is 0.313 e. The van der Waals surface area contributed by atoms with E-state index in [1.807, 2.05) is 0 Å². The van der Waals surface area contributed by atoms with Gasteiger partial charge in [0.2, 0.25) is 0 Å². The first-order valence-electron chi connectivity index (χ1n) is 6.52. The molecule has 0 bridgehead atoms. The zero-order chi connectivity index (χ0) is 14.7. The van der Waals surface area contributed by atoms with Crippen LogP contribution in [0.4, 0.5) is 10.1 Å². The number of halogens is 1. The summed E-state index contributed by atoms with van der Waals surface area (Å²) >= 11 is 0. The average Bonchev–Trinajstić information content (AvgIpc) is 2.43. The molecular formula is C14H17FN2O3. The highest BCUT2D eigenvalue weighted by molar-refractivity contribution is 6.39. The Labute approximate surface area is 116 Å². The Kier molecular flexibility index (Phi) is 4.34. The van der Waals surface area contributed by atoms with Gasteiger partial charge in [-0.2, -0.15) is 0 Å². The molecule has 2 N–H and O–H groups in total. The van der Waals surface area contributed by atoms with E-state index in [0.29, 0.717) is 19.4 Å². The van der Waals surface area contributed by atoms with Crippen LogP contribution in [0.25, 0.3) is 0 Å². The monoisotopic (exact) mass is 280 g/mol. The number of β-amino-alcohol motifs (C(OH)–C–C–N with tert-alkyl or cyclic N) is 1. The number of nitrogens with one attached hydrogen (secondary N) is 1. The second kappa shape index (κ2) is 6.00. The van der Waals surface area contributed by atoms with E-state index in [9.17, 15) is 19.1 Å². The van der Waals surface area contributed by atoms with Gasteiger partial charge in [0, 0.05) is 24.3 Å². The van der Waals surface area contributed by atoms with Crippen molar-refractivity contribution in [2.75, 3.05) is 18.4 Å². The lowest BCUT2D eigenvalue weighted by Gasteiger charge is -2.29. The summed E-state index contributed by atoms with van der Waals surface area (Å²) in [6.45, 7) is 2.14. The number of piperidine rings is 1. The summed E-state index contributed by atoms with van der Waals surface area (Å²) in [7, 11) is 0. The Bertz CT molecular complexity index is 533. The molecule has 6 heteroatoms. The van der Waals surface area contributed by atoms with Gasteiger partial charge in [-0.15, -0.1) is 0 Å². The van der Waals surface area contributed by atoms with E-state index in [1.165, 1.54) is 30.0 Å². The van der Waals surface area contributed by atoms with E-state index >= 15 is 0 Å². The number of aliphatic hydroxyl groups is 1.